The first-order valence-corrected chi connectivity index (χ1v) is 6.44. The van der Waals surface area contributed by atoms with E-state index >= 15 is 0 Å². The number of H-pyrrole nitrogens is 1. The van der Waals surface area contributed by atoms with Gasteiger partial charge in [0, 0.05) is 6.54 Å². The molecule has 1 heterocycles. The summed E-state index contributed by atoms with van der Waals surface area (Å²) < 4.78 is 25.2. The van der Waals surface area contributed by atoms with Crippen LogP contribution >= 0.6 is 0 Å². The predicted molar refractivity (Wildman–Crippen MR) is 59.9 cm³/mol. The molecule has 96 valence electrons. The maximum absolute atomic E-state index is 12.2. The third-order valence-electron chi connectivity index (χ3n) is 2.48. The minimum atomic E-state index is -3.88. The van der Waals surface area contributed by atoms with E-state index in [9.17, 15) is 13.2 Å². The normalized spacial score (nSPS) is 12.9. The molecule has 0 radical (unpaired) electrons. The van der Waals surface area contributed by atoms with Gasteiger partial charge in [0.1, 0.15) is 5.54 Å². The van der Waals surface area contributed by atoms with E-state index in [2.05, 4.69) is 10.2 Å². The third kappa shape index (κ3) is 2.32. The fourth-order valence-corrected chi connectivity index (χ4v) is 3.14. The zero-order chi connectivity index (χ0) is 13.3. The number of hydrogen-bond acceptors (Lipinski definition) is 4. The number of nitrogens with one attached hydrogen (secondary N) is 1. The van der Waals surface area contributed by atoms with Crippen LogP contribution in [-0.2, 0) is 14.8 Å². The van der Waals surface area contributed by atoms with E-state index in [-0.39, 0.29) is 11.6 Å². The average Bonchev–Trinajstić information content (AvgIpc) is 2.70. The molecule has 8 heteroatoms. The Morgan fingerprint density at radius 3 is 2.53 bits per heavy atom. The summed E-state index contributed by atoms with van der Waals surface area (Å²) in [6.45, 7) is 4.32. The van der Waals surface area contributed by atoms with Gasteiger partial charge in [-0.25, -0.2) is 8.42 Å². The summed E-state index contributed by atoms with van der Waals surface area (Å²) in [5.74, 6) is -1.21. The number of nitrogens with zero attached hydrogens (tertiary/aromatic N) is 2. The molecule has 1 aromatic rings. The second-order valence-electron chi connectivity index (χ2n) is 3.95. The lowest BCUT2D eigenvalue weighted by molar-refractivity contribution is -0.146. The van der Waals surface area contributed by atoms with Crippen molar-refractivity contribution in [3.05, 3.63) is 12.3 Å². The summed E-state index contributed by atoms with van der Waals surface area (Å²) in [6, 6.07) is 1.29. The number of carboxylic acids is 1. The van der Waals surface area contributed by atoms with Crippen LogP contribution in [0, 0.1) is 0 Å². The van der Waals surface area contributed by atoms with Crippen molar-refractivity contribution in [3.8, 4) is 0 Å². The standard InChI is InChI=1S/C9H15N3O4S/c1-4-12(9(2,3)8(13)14)17(15,16)7-5-6-10-11-7/h5-6H,4H2,1-3H3,(H,10,11)(H,13,14). The van der Waals surface area contributed by atoms with Gasteiger partial charge in [0.05, 0.1) is 6.20 Å². The lowest BCUT2D eigenvalue weighted by atomic mass is 10.1. The van der Waals surface area contributed by atoms with Crippen LogP contribution in [0.4, 0.5) is 0 Å². The second-order valence-corrected chi connectivity index (χ2v) is 5.79. The van der Waals surface area contributed by atoms with Crippen molar-refractivity contribution < 1.29 is 18.3 Å². The van der Waals surface area contributed by atoms with E-state index in [1.807, 2.05) is 0 Å². The number of carboxylic acid groups (broad SMARTS) is 1. The van der Waals surface area contributed by atoms with Crippen molar-refractivity contribution in [3.63, 3.8) is 0 Å². The highest BCUT2D eigenvalue weighted by Crippen LogP contribution is 2.23. The van der Waals surface area contributed by atoms with Gasteiger partial charge in [0.2, 0.25) is 0 Å². The Hall–Kier alpha value is -1.41. The molecule has 1 aromatic heterocycles. The SMILES string of the molecule is CCN(C(C)(C)C(=O)O)S(=O)(=O)c1ccn[nH]1. The Bertz CT molecular complexity index is 492. The molecule has 7 nitrogen and oxygen atoms in total. The molecule has 0 fully saturated rings. The molecule has 0 bridgehead atoms. The lowest BCUT2D eigenvalue weighted by Crippen LogP contribution is -2.52. The van der Waals surface area contributed by atoms with Gasteiger partial charge in [-0.1, -0.05) is 6.92 Å². The van der Waals surface area contributed by atoms with Gasteiger partial charge in [-0.05, 0) is 19.9 Å². The number of aromatic amines is 1. The van der Waals surface area contributed by atoms with Crippen molar-refractivity contribution in [1.29, 1.82) is 0 Å². The Labute approximate surface area is 99.5 Å². The van der Waals surface area contributed by atoms with Crippen LogP contribution in [0.2, 0.25) is 0 Å². The topological polar surface area (TPSA) is 103 Å². The molecular formula is C9H15N3O4S. The number of likely N-dealkylation sites (N-methyl/N-ethyl adjacent to an activating group) is 1. The summed E-state index contributed by atoms with van der Waals surface area (Å²) in [7, 11) is -3.88. The smallest absolute Gasteiger partial charge is 0.324 e. The molecular weight excluding hydrogens is 246 g/mol. The molecule has 0 amide bonds. The minimum absolute atomic E-state index is 0.0562. The Balaban J connectivity index is 3.25. The summed E-state index contributed by atoms with van der Waals surface area (Å²) in [6.07, 6.45) is 1.30. The number of hydrogen-bond donors (Lipinski definition) is 2. The van der Waals surface area contributed by atoms with Crippen LogP contribution in [0.25, 0.3) is 0 Å². The van der Waals surface area contributed by atoms with Crippen LogP contribution < -0.4 is 0 Å². The van der Waals surface area contributed by atoms with E-state index in [1.54, 1.807) is 6.92 Å². The monoisotopic (exact) mass is 261 g/mol. The molecule has 2 N–H and O–H groups in total. The molecule has 0 unspecified atom stereocenters. The third-order valence-corrected chi connectivity index (χ3v) is 4.56. The maximum atomic E-state index is 12.2. The van der Waals surface area contributed by atoms with Gasteiger partial charge in [0.25, 0.3) is 10.0 Å². The van der Waals surface area contributed by atoms with E-state index in [0.29, 0.717) is 0 Å². The fourth-order valence-electron chi connectivity index (χ4n) is 1.48. The molecule has 1 rings (SSSR count). The van der Waals surface area contributed by atoms with E-state index in [0.717, 1.165) is 4.31 Å². The predicted octanol–water partition coefficient (Wildman–Crippen LogP) is 0.283. The number of rotatable bonds is 5. The maximum Gasteiger partial charge on any atom is 0.324 e. The molecule has 0 aliphatic rings. The van der Waals surface area contributed by atoms with Crippen molar-refractivity contribution >= 4 is 16.0 Å². The summed E-state index contributed by atoms with van der Waals surface area (Å²) in [5.41, 5.74) is -1.52. The van der Waals surface area contributed by atoms with Gasteiger partial charge in [0.15, 0.2) is 5.03 Å². The Morgan fingerprint density at radius 1 is 1.59 bits per heavy atom. The van der Waals surface area contributed by atoms with Crippen molar-refractivity contribution in [1.82, 2.24) is 14.5 Å². The number of aliphatic carboxylic acids is 1. The molecule has 0 atom stereocenters. The molecule has 0 saturated carbocycles. The molecule has 0 spiro atoms. The number of sulfonamides is 1. The summed E-state index contributed by atoms with van der Waals surface area (Å²) in [5, 5.41) is 14.8. The first kappa shape index (κ1) is 13.7. The first-order chi connectivity index (χ1) is 7.74. The van der Waals surface area contributed by atoms with Gasteiger partial charge >= 0.3 is 5.97 Å². The number of carbonyl (C=O) groups is 1. The van der Waals surface area contributed by atoms with Gasteiger partial charge in [-0.15, -0.1) is 0 Å². The van der Waals surface area contributed by atoms with Gasteiger partial charge < -0.3 is 5.11 Å². The summed E-state index contributed by atoms with van der Waals surface area (Å²) >= 11 is 0. The molecule has 0 aromatic carbocycles. The van der Waals surface area contributed by atoms with Gasteiger partial charge in [-0.2, -0.15) is 9.40 Å². The van der Waals surface area contributed by atoms with Crippen LogP contribution in [-0.4, -0.2) is 46.1 Å². The highest BCUT2D eigenvalue weighted by molar-refractivity contribution is 7.89. The lowest BCUT2D eigenvalue weighted by Gasteiger charge is -2.32. The van der Waals surface area contributed by atoms with Crippen LogP contribution in [0.15, 0.2) is 17.3 Å². The second kappa shape index (κ2) is 4.46. The molecule has 0 aliphatic carbocycles. The first-order valence-electron chi connectivity index (χ1n) is 5.00. The summed E-state index contributed by atoms with van der Waals surface area (Å²) in [4.78, 5) is 11.1. The molecule has 0 saturated heterocycles. The Morgan fingerprint density at radius 2 is 2.18 bits per heavy atom. The van der Waals surface area contributed by atoms with Crippen LogP contribution in [0.3, 0.4) is 0 Å². The average molecular weight is 261 g/mol. The van der Waals surface area contributed by atoms with E-state index < -0.39 is 21.5 Å². The van der Waals surface area contributed by atoms with Crippen LogP contribution in [0.1, 0.15) is 20.8 Å². The quantitative estimate of drug-likeness (QED) is 0.792. The van der Waals surface area contributed by atoms with Crippen molar-refractivity contribution in [2.75, 3.05) is 6.54 Å². The highest BCUT2D eigenvalue weighted by Gasteiger charge is 2.42. The Kier molecular flexibility index (Phi) is 3.58. The van der Waals surface area contributed by atoms with Gasteiger partial charge in [-0.3, -0.25) is 9.89 Å². The van der Waals surface area contributed by atoms with Crippen molar-refractivity contribution in [2.24, 2.45) is 0 Å². The zero-order valence-electron chi connectivity index (χ0n) is 9.84. The largest absolute Gasteiger partial charge is 0.480 e. The highest BCUT2D eigenvalue weighted by atomic mass is 32.2. The van der Waals surface area contributed by atoms with E-state index in [4.69, 9.17) is 5.11 Å². The molecule has 0 aliphatic heterocycles. The fraction of sp³-hybridized carbons (Fsp3) is 0.556. The number of aromatic nitrogens is 2. The molecule has 17 heavy (non-hydrogen) atoms. The van der Waals surface area contributed by atoms with E-state index in [1.165, 1.54) is 26.1 Å². The minimum Gasteiger partial charge on any atom is -0.480 e. The van der Waals surface area contributed by atoms with Crippen LogP contribution in [0.5, 0.6) is 0 Å². The van der Waals surface area contributed by atoms with Crippen molar-refractivity contribution in [2.45, 2.75) is 31.3 Å². The zero-order valence-corrected chi connectivity index (χ0v) is 10.7.